The van der Waals surface area contributed by atoms with Gasteiger partial charge in [-0.25, -0.2) is 0 Å². The molecule has 0 aromatic carbocycles. The molecule has 0 radical (unpaired) electrons. The number of phosphoric acid groups is 1. The van der Waals surface area contributed by atoms with Crippen molar-refractivity contribution in [1.82, 2.24) is 5.32 Å². The van der Waals surface area contributed by atoms with Gasteiger partial charge in [0.1, 0.15) is 13.2 Å². The molecule has 3 unspecified atom stereocenters. The van der Waals surface area contributed by atoms with E-state index in [-0.39, 0.29) is 19.1 Å². The molecule has 0 bridgehead atoms. The number of hydrogen-bond acceptors (Lipinski definition) is 6. The summed E-state index contributed by atoms with van der Waals surface area (Å²) in [6.07, 6.45) is 55.3. The highest BCUT2D eigenvalue weighted by Crippen LogP contribution is 2.38. The quantitative estimate of drug-likeness (QED) is 0.0273. The summed E-state index contributed by atoms with van der Waals surface area (Å²) in [5, 5.41) is 13.8. The van der Waals surface area contributed by atoms with Crippen molar-refractivity contribution >= 4 is 13.7 Å². The van der Waals surface area contributed by atoms with E-state index in [1.165, 1.54) is 199 Å². The fraction of sp³-hybridized carbons (Fsp3) is 0.906. The molecule has 0 saturated carbocycles. The zero-order valence-electron chi connectivity index (χ0n) is 41.8. The first kappa shape index (κ1) is 61.0. The SMILES string of the molecule is CCCCCCCCCCCCCCCCCCCCC/C=C/CC/C=C/C(O)C(COP(=O)([O-])OCC[N+](C)(C)C)NC(=O)CCCCCCCCCCCCCCCCC. The molecule has 0 fully saturated rings. The molecule has 3 atom stereocenters. The second-order valence-electron chi connectivity index (χ2n) is 19.6. The molecule has 0 rings (SSSR count). The van der Waals surface area contributed by atoms with Crippen LogP contribution in [0, 0.1) is 0 Å². The van der Waals surface area contributed by atoms with Gasteiger partial charge < -0.3 is 28.8 Å². The van der Waals surface area contributed by atoms with Gasteiger partial charge in [-0.1, -0.05) is 244 Å². The van der Waals surface area contributed by atoms with E-state index in [0.29, 0.717) is 17.4 Å². The van der Waals surface area contributed by atoms with Crippen molar-refractivity contribution in [2.45, 2.75) is 270 Å². The lowest BCUT2D eigenvalue weighted by Crippen LogP contribution is -2.45. The Labute approximate surface area is 385 Å². The van der Waals surface area contributed by atoms with Crippen LogP contribution >= 0.6 is 7.82 Å². The van der Waals surface area contributed by atoms with Crippen LogP contribution in [0.2, 0.25) is 0 Å². The summed E-state index contributed by atoms with van der Waals surface area (Å²) < 4.78 is 23.3. The highest BCUT2D eigenvalue weighted by Gasteiger charge is 2.23. The maximum Gasteiger partial charge on any atom is 0.268 e. The molecule has 0 aliphatic rings. The van der Waals surface area contributed by atoms with Crippen molar-refractivity contribution in [3.63, 3.8) is 0 Å². The summed E-state index contributed by atoms with van der Waals surface area (Å²) in [6.45, 7) is 4.66. The summed E-state index contributed by atoms with van der Waals surface area (Å²) in [4.78, 5) is 25.4. The molecule has 368 valence electrons. The third-order valence-electron chi connectivity index (χ3n) is 12.2. The van der Waals surface area contributed by atoms with Gasteiger partial charge in [-0.05, 0) is 32.1 Å². The van der Waals surface area contributed by atoms with Gasteiger partial charge in [0, 0.05) is 6.42 Å². The van der Waals surface area contributed by atoms with Crippen molar-refractivity contribution in [3.05, 3.63) is 24.3 Å². The van der Waals surface area contributed by atoms with E-state index in [0.717, 1.165) is 38.5 Å². The fourth-order valence-corrected chi connectivity index (χ4v) is 8.66. The number of quaternary nitrogens is 1. The van der Waals surface area contributed by atoms with Gasteiger partial charge in [-0.2, -0.15) is 0 Å². The van der Waals surface area contributed by atoms with Crippen molar-refractivity contribution in [3.8, 4) is 0 Å². The molecule has 0 aliphatic heterocycles. The lowest BCUT2D eigenvalue weighted by atomic mass is 10.0. The minimum atomic E-state index is -4.60. The van der Waals surface area contributed by atoms with Crippen LogP contribution in [-0.2, 0) is 18.4 Å². The third-order valence-corrected chi connectivity index (χ3v) is 13.1. The molecule has 0 spiro atoms. The minimum Gasteiger partial charge on any atom is -0.756 e. The number of likely N-dealkylation sites (N-methyl/N-ethyl adjacent to an activating group) is 1. The predicted octanol–water partition coefficient (Wildman–Crippen LogP) is 15.0. The molecule has 0 aliphatic carbocycles. The minimum absolute atomic E-state index is 0.00393. The highest BCUT2D eigenvalue weighted by atomic mass is 31.2. The average molecular weight is 897 g/mol. The Hall–Kier alpha value is -1.02. The van der Waals surface area contributed by atoms with E-state index >= 15 is 0 Å². The lowest BCUT2D eigenvalue weighted by Gasteiger charge is -2.29. The highest BCUT2D eigenvalue weighted by molar-refractivity contribution is 7.45. The van der Waals surface area contributed by atoms with Gasteiger partial charge in [0.2, 0.25) is 5.91 Å². The summed E-state index contributed by atoms with van der Waals surface area (Å²) >= 11 is 0. The van der Waals surface area contributed by atoms with Crippen molar-refractivity contribution in [2.24, 2.45) is 0 Å². The Balaban J connectivity index is 4.26. The Morgan fingerprint density at radius 2 is 0.903 bits per heavy atom. The molecule has 62 heavy (non-hydrogen) atoms. The number of rotatable bonds is 49. The molecule has 0 aromatic rings. The molecule has 0 aromatic heterocycles. The van der Waals surface area contributed by atoms with Crippen LogP contribution in [0.5, 0.6) is 0 Å². The zero-order valence-corrected chi connectivity index (χ0v) is 42.7. The fourth-order valence-electron chi connectivity index (χ4n) is 7.94. The van der Waals surface area contributed by atoms with Crippen LogP contribution in [0.15, 0.2) is 24.3 Å². The molecular weight excluding hydrogens is 792 g/mol. The zero-order chi connectivity index (χ0) is 45.7. The number of carbonyl (C=O) groups is 1. The number of carbonyl (C=O) groups excluding carboxylic acids is 1. The molecule has 2 N–H and O–H groups in total. The van der Waals surface area contributed by atoms with Crippen LogP contribution in [0.4, 0.5) is 0 Å². The number of phosphoric ester groups is 1. The van der Waals surface area contributed by atoms with E-state index in [1.54, 1.807) is 6.08 Å². The van der Waals surface area contributed by atoms with Gasteiger partial charge in [0.15, 0.2) is 0 Å². The number of hydrogen-bond donors (Lipinski definition) is 2. The number of nitrogens with one attached hydrogen (secondary N) is 1. The number of nitrogens with zero attached hydrogens (tertiary/aromatic N) is 1. The van der Waals surface area contributed by atoms with Crippen LogP contribution < -0.4 is 10.2 Å². The molecule has 8 nitrogen and oxygen atoms in total. The van der Waals surface area contributed by atoms with E-state index in [1.807, 2.05) is 27.2 Å². The molecule has 0 saturated heterocycles. The van der Waals surface area contributed by atoms with Gasteiger partial charge in [0.05, 0.1) is 39.9 Å². The van der Waals surface area contributed by atoms with Crippen LogP contribution in [0.1, 0.15) is 258 Å². The van der Waals surface area contributed by atoms with Gasteiger partial charge >= 0.3 is 0 Å². The van der Waals surface area contributed by atoms with Crippen LogP contribution in [0.25, 0.3) is 0 Å². The van der Waals surface area contributed by atoms with Crippen molar-refractivity contribution in [2.75, 3.05) is 40.9 Å². The van der Waals surface area contributed by atoms with Gasteiger partial charge in [0.25, 0.3) is 7.82 Å². The average Bonchev–Trinajstić information content (AvgIpc) is 3.23. The van der Waals surface area contributed by atoms with Gasteiger partial charge in [-0.3, -0.25) is 9.36 Å². The van der Waals surface area contributed by atoms with Gasteiger partial charge in [-0.15, -0.1) is 0 Å². The van der Waals surface area contributed by atoms with Crippen LogP contribution in [0.3, 0.4) is 0 Å². The maximum absolute atomic E-state index is 12.9. The molecule has 1 amide bonds. The lowest BCUT2D eigenvalue weighted by molar-refractivity contribution is -0.870. The van der Waals surface area contributed by atoms with Crippen molar-refractivity contribution in [1.29, 1.82) is 0 Å². The Morgan fingerprint density at radius 3 is 1.31 bits per heavy atom. The number of aliphatic hydroxyl groups is 1. The summed E-state index contributed by atoms with van der Waals surface area (Å²) in [5.74, 6) is -0.204. The number of unbranched alkanes of at least 4 members (excludes halogenated alkanes) is 34. The molecule has 9 heteroatoms. The first-order chi connectivity index (χ1) is 30.0. The number of allylic oxidation sites excluding steroid dienone is 3. The summed E-state index contributed by atoms with van der Waals surface area (Å²) in [5.41, 5.74) is 0. The van der Waals surface area contributed by atoms with Crippen molar-refractivity contribution < 1.29 is 32.9 Å². The smallest absolute Gasteiger partial charge is 0.268 e. The molecule has 0 heterocycles. The van der Waals surface area contributed by atoms with E-state index < -0.39 is 20.0 Å². The van der Waals surface area contributed by atoms with E-state index in [4.69, 9.17) is 9.05 Å². The Kier molecular flexibility index (Phi) is 44.4. The molecular formula is C53H105N2O6P. The normalized spacial score (nSPS) is 14.2. The summed E-state index contributed by atoms with van der Waals surface area (Å²) in [7, 11) is 1.25. The third kappa shape index (κ3) is 47.0. The maximum atomic E-state index is 12.9. The van der Waals surface area contributed by atoms with E-state index in [9.17, 15) is 19.4 Å². The monoisotopic (exact) mass is 897 g/mol. The Bertz CT molecular complexity index is 1060. The standard InChI is InChI=1S/C53H105N2O6P/c1-6-8-10-12-14-16-18-20-22-23-24-25-26-27-28-29-30-31-33-34-36-38-40-42-44-46-52(56)51(50-61-62(58,59)60-49-48-55(3,4)5)54-53(57)47-45-43-41-39-37-35-32-21-19-17-15-13-11-9-7-2/h36,38,44,46,51-52,56H,6-35,37,39-43,45,47-50H2,1-5H3,(H-,54,57,58,59)/b38-36+,46-44+. The second kappa shape index (κ2) is 45.1. The Morgan fingerprint density at radius 1 is 0.548 bits per heavy atom. The topological polar surface area (TPSA) is 108 Å². The predicted molar refractivity (Wildman–Crippen MR) is 265 cm³/mol. The number of aliphatic hydroxyl groups excluding tert-OH is 1. The first-order valence-corrected chi connectivity index (χ1v) is 28.2. The van der Waals surface area contributed by atoms with Crippen LogP contribution in [-0.4, -0.2) is 68.5 Å². The van der Waals surface area contributed by atoms with E-state index in [2.05, 4.69) is 31.3 Å². The second-order valence-corrected chi connectivity index (χ2v) is 21.0. The first-order valence-electron chi connectivity index (χ1n) is 26.7. The number of amides is 1. The largest absolute Gasteiger partial charge is 0.756 e. The summed E-state index contributed by atoms with van der Waals surface area (Å²) in [6, 6.07) is -0.899.